The molecule has 0 atom stereocenters. The van der Waals surface area contributed by atoms with E-state index in [1.54, 1.807) is 13.0 Å². The number of aromatic hydroxyl groups is 1. The molecule has 0 heterocycles. The molecule has 2 rings (SSSR count). The Bertz CT molecular complexity index is 841. The van der Waals surface area contributed by atoms with Gasteiger partial charge in [0, 0.05) is 23.5 Å². The van der Waals surface area contributed by atoms with Gasteiger partial charge >= 0.3 is 0 Å². The highest BCUT2D eigenvalue weighted by molar-refractivity contribution is 6.31. The molecular weight excluding hydrogens is 338 g/mol. The number of benzene rings is 2. The van der Waals surface area contributed by atoms with Crippen LogP contribution in [0.1, 0.15) is 11.1 Å². The Morgan fingerprint density at radius 3 is 2.76 bits per heavy atom. The van der Waals surface area contributed by atoms with Gasteiger partial charge in [0.25, 0.3) is 5.91 Å². The first-order chi connectivity index (χ1) is 12.0. The van der Waals surface area contributed by atoms with Crippen LogP contribution in [0.4, 0.5) is 5.69 Å². The van der Waals surface area contributed by atoms with Crippen LogP contribution in [0, 0.1) is 18.3 Å². The third-order valence-corrected chi connectivity index (χ3v) is 3.93. The Hall–Kier alpha value is -2.97. The van der Waals surface area contributed by atoms with Gasteiger partial charge in [-0.3, -0.25) is 4.79 Å². The van der Waals surface area contributed by atoms with E-state index >= 15 is 0 Å². The van der Waals surface area contributed by atoms with Crippen LogP contribution in [0.5, 0.6) is 5.75 Å². The van der Waals surface area contributed by atoms with E-state index in [0.29, 0.717) is 29.2 Å². The molecule has 0 spiro atoms. The molecule has 0 bridgehead atoms. The summed E-state index contributed by atoms with van der Waals surface area (Å²) >= 11 is 6.08. The normalized spacial score (nSPS) is 10.8. The zero-order chi connectivity index (χ0) is 18.2. The number of phenols is 1. The molecule has 6 heteroatoms. The summed E-state index contributed by atoms with van der Waals surface area (Å²) in [5.41, 5.74) is 2.21. The fraction of sp³-hybridized carbons (Fsp3) is 0.158. The van der Waals surface area contributed by atoms with E-state index in [9.17, 15) is 9.90 Å². The predicted molar refractivity (Wildman–Crippen MR) is 98.3 cm³/mol. The summed E-state index contributed by atoms with van der Waals surface area (Å²) in [5, 5.41) is 24.9. The maximum Gasteiger partial charge on any atom is 0.267 e. The van der Waals surface area contributed by atoms with Gasteiger partial charge in [0.2, 0.25) is 0 Å². The number of nitriles is 1. The molecule has 2 aromatic rings. The number of amides is 1. The first kappa shape index (κ1) is 18.4. The van der Waals surface area contributed by atoms with E-state index in [4.69, 9.17) is 16.9 Å². The molecule has 3 N–H and O–H groups in total. The summed E-state index contributed by atoms with van der Waals surface area (Å²) in [6.07, 6.45) is 2.06. The lowest BCUT2D eigenvalue weighted by atomic mass is 10.1. The number of nitrogens with one attached hydrogen (secondary N) is 2. The molecule has 0 aromatic heterocycles. The lowest BCUT2D eigenvalue weighted by Gasteiger charge is -2.08. The molecule has 0 fully saturated rings. The number of nitrogens with zero attached hydrogens (tertiary/aromatic N) is 1. The lowest BCUT2D eigenvalue weighted by Crippen LogP contribution is -2.18. The van der Waals surface area contributed by atoms with Gasteiger partial charge in [-0.1, -0.05) is 29.8 Å². The fourth-order valence-electron chi connectivity index (χ4n) is 2.21. The first-order valence-electron chi connectivity index (χ1n) is 7.69. The quantitative estimate of drug-likeness (QED) is 0.320. The van der Waals surface area contributed by atoms with E-state index < -0.39 is 5.91 Å². The van der Waals surface area contributed by atoms with Crippen molar-refractivity contribution in [1.29, 1.82) is 5.26 Å². The van der Waals surface area contributed by atoms with E-state index in [1.807, 2.05) is 30.3 Å². The van der Waals surface area contributed by atoms with Gasteiger partial charge in [0.05, 0.1) is 0 Å². The SMILES string of the molecule is Cc1cc(O)ccc1NC(=O)/C(C#N)=C\NCCc1ccccc1Cl. The highest BCUT2D eigenvalue weighted by Crippen LogP contribution is 2.20. The van der Waals surface area contributed by atoms with Crippen molar-refractivity contribution in [2.24, 2.45) is 0 Å². The van der Waals surface area contributed by atoms with Crippen LogP contribution >= 0.6 is 11.6 Å². The number of aryl methyl sites for hydroxylation is 1. The molecule has 0 radical (unpaired) electrons. The topological polar surface area (TPSA) is 85.2 Å². The van der Waals surface area contributed by atoms with Gasteiger partial charge in [0.1, 0.15) is 17.4 Å². The third kappa shape index (κ3) is 5.27. The molecule has 1 amide bonds. The van der Waals surface area contributed by atoms with Crippen LogP contribution in [-0.4, -0.2) is 17.6 Å². The van der Waals surface area contributed by atoms with Gasteiger partial charge in [-0.05, 0) is 48.7 Å². The van der Waals surface area contributed by atoms with Crippen molar-refractivity contribution in [3.05, 3.63) is 70.4 Å². The van der Waals surface area contributed by atoms with Crippen LogP contribution in [0.25, 0.3) is 0 Å². The van der Waals surface area contributed by atoms with Gasteiger partial charge in [-0.15, -0.1) is 0 Å². The van der Waals surface area contributed by atoms with Gasteiger partial charge in [-0.2, -0.15) is 5.26 Å². The van der Waals surface area contributed by atoms with Crippen LogP contribution < -0.4 is 10.6 Å². The number of phenolic OH excluding ortho intramolecular Hbond substituents is 1. The van der Waals surface area contributed by atoms with Crippen molar-refractivity contribution in [1.82, 2.24) is 5.32 Å². The van der Waals surface area contributed by atoms with Crippen molar-refractivity contribution >= 4 is 23.2 Å². The van der Waals surface area contributed by atoms with Crippen LogP contribution in [-0.2, 0) is 11.2 Å². The number of rotatable bonds is 6. The monoisotopic (exact) mass is 355 g/mol. The second-order valence-electron chi connectivity index (χ2n) is 5.42. The first-order valence-corrected chi connectivity index (χ1v) is 8.07. The number of hydrogen-bond acceptors (Lipinski definition) is 4. The molecular formula is C19H18ClN3O2. The summed E-state index contributed by atoms with van der Waals surface area (Å²) in [6.45, 7) is 2.30. The summed E-state index contributed by atoms with van der Waals surface area (Å²) in [7, 11) is 0. The Labute approximate surface area is 151 Å². The maximum absolute atomic E-state index is 12.2. The number of anilines is 1. The summed E-state index contributed by atoms with van der Waals surface area (Å²) in [6, 6.07) is 14.0. The van der Waals surface area contributed by atoms with E-state index in [0.717, 1.165) is 5.56 Å². The Kier molecular flexibility index (Phi) is 6.44. The highest BCUT2D eigenvalue weighted by atomic mass is 35.5. The number of hydrogen-bond donors (Lipinski definition) is 3. The average molecular weight is 356 g/mol. The van der Waals surface area contributed by atoms with Crippen LogP contribution in [0.15, 0.2) is 54.2 Å². The molecule has 0 saturated heterocycles. The van der Waals surface area contributed by atoms with Gasteiger partial charge < -0.3 is 15.7 Å². The second kappa shape index (κ2) is 8.76. The van der Waals surface area contributed by atoms with E-state index in [-0.39, 0.29) is 11.3 Å². The lowest BCUT2D eigenvalue weighted by molar-refractivity contribution is -0.112. The van der Waals surface area contributed by atoms with Crippen LogP contribution in [0.3, 0.4) is 0 Å². The van der Waals surface area contributed by atoms with E-state index in [1.165, 1.54) is 18.3 Å². The Morgan fingerprint density at radius 1 is 1.32 bits per heavy atom. The zero-order valence-electron chi connectivity index (χ0n) is 13.7. The molecule has 0 saturated carbocycles. The minimum Gasteiger partial charge on any atom is -0.508 e. The second-order valence-corrected chi connectivity index (χ2v) is 5.83. The zero-order valence-corrected chi connectivity index (χ0v) is 14.5. The standard InChI is InChI=1S/C19H18ClN3O2/c1-13-10-16(24)6-7-18(13)23-19(25)15(11-21)12-22-9-8-14-4-2-3-5-17(14)20/h2-7,10,12,22,24H,8-9H2,1H3,(H,23,25)/b15-12-. The van der Waals surface area contributed by atoms with Gasteiger partial charge in [0.15, 0.2) is 0 Å². The minimum atomic E-state index is -0.512. The predicted octanol–water partition coefficient (Wildman–Crippen LogP) is 3.53. The van der Waals surface area contributed by atoms with Gasteiger partial charge in [-0.25, -0.2) is 0 Å². The van der Waals surface area contributed by atoms with Crippen molar-refractivity contribution in [3.63, 3.8) is 0 Å². The molecule has 0 aliphatic carbocycles. The molecule has 128 valence electrons. The largest absolute Gasteiger partial charge is 0.508 e. The molecule has 0 unspecified atom stereocenters. The third-order valence-electron chi connectivity index (χ3n) is 3.57. The van der Waals surface area contributed by atoms with Crippen LogP contribution in [0.2, 0.25) is 5.02 Å². The molecule has 25 heavy (non-hydrogen) atoms. The summed E-state index contributed by atoms with van der Waals surface area (Å²) < 4.78 is 0. The Morgan fingerprint density at radius 2 is 2.08 bits per heavy atom. The summed E-state index contributed by atoms with van der Waals surface area (Å²) in [4.78, 5) is 12.2. The maximum atomic E-state index is 12.2. The highest BCUT2D eigenvalue weighted by Gasteiger charge is 2.10. The molecule has 5 nitrogen and oxygen atoms in total. The Balaban J connectivity index is 1.94. The molecule has 0 aliphatic rings. The number of halogens is 1. The molecule has 0 aliphatic heterocycles. The summed E-state index contributed by atoms with van der Waals surface area (Å²) in [5.74, 6) is -0.394. The molecule has 2 aromatic carbocycles. The van der Waals surface area contributed by atoms with Crippen molar-refractivity contribution in [2.45, 2.75) is 13.3 Å². The smallest absolute Gasteiger partial charge is 0.267 e. The van der Waals surface area contributed by atoms with Crippen molar-refractivity contribution in [3.8, 4) is 11.8 Å². The fourth-order valence-corrected chi connectivity index (χ4v) is 2.44. The van der Waals surface area contributed by atoms with E-state index in [2.05, 4.69) is 10.6 Å². The van der Waals surface area contributed by atoms with Crippen molar-refractivity contribution in [2.75, 3.05) is 11.9 Å². The number of carbonyl (C=O) groups is 1. The minimum absolute atomic E-state index is 0.0355. The average Bonchev–Trinajstić information content (AvgIpc) is 2.59. The number of carbonyl (C=O) groups excluding carboxylic acids is 1. The van der Waals surface area contributed by atoms with Crippen molar-refractivity contribution < 1.29 is 9.90 Å².